The minimum Gasteiger partial charge on any atom is -0.481 e. The van der Waals surface area contributed by atoms with Gasteiger partial charge in [0.15, 0.2) is 0 Å². The first-order chi connectivity index (χ1) is 9.08. The molecule has 1 aromatic rings. The van der Waals surface area contributed by atoms with Gasteiger partial charge in [-0.05, 0) is 19.3 Å². The van der Waals surface area contributed by atoms with Crippen LogP contribution in [0.2, 0.25) is 0 Å². The highest BCUT2D eigenvalue weighted by Crippen LogP contribution is 2.20. The van der Waals surface area contributed by atoms with Gasteiger partial charge in [-0.3, -0.25) is 9.48 Å². The first kappa shape index (κ1) is 13.4. The number of rotatable bonds is 4. The summed E-state index contributed by atoms with van der Waals surface area (Å²) in [5, 5.41) is 15.6. The number of carboxylic acid groups (broad SMARTS) is 1. The lowest BCUT2D eigenvalue weighted by molar-refractivity contribution is -0.138. The highest BCUT2D eigenvalue weighted by atomic mass is 16.4. The van der Waals surface area contributed by atoms with Crippen LogP contribution in [0.4, 0.5) is 10.5 Å². The lowest BCUT2D eigenvalue weighted by atomic mass is 10.1. The van der Waals surface area contributed by atoms with Crippen LogP contribution in [0.25, 0.3) is 0 Å². The standard InChI is InChI=1S/C12H18N4O3/c1-2-16-8-10(6-13-16)14-12(19)15-4-3-9(7-15)5-11(17)18/h6,8-9H,2-5,7H2,1H3,(H,14,19)(H,17,18). The summed E-state index contributed by atoms with van der Waals surface area (Å²) >= 11 is 0. The van der Waals surface area contributed by atoms with Crippen molar-refractivity contribution in [3.63, 3.8) is 0 Å². The Bertz CT molecular complexity index is 471. The SMILES string of the molecule is CCn1cc(NC(=O)N2CCC(CC(=O)O)C2)cn1. The molecule has 7 heteroatoms. The molecule has 19 heavy (non-hydrogen) atoms. The van der Waals surface area contributed by atoms with E-state index in [2.05, 4.69) is 10.4 Å². The largest absolute Gasteiger partial charge is 0.481 e. The first-order valence-electron chi connectivity index (χ1n) is 6.38. The van der Waals surface area contributed by atoms with E-state index in [0.717, 1.165) is 13.0 Å². The van der Waals surface area contributed by atoms with Crippen LogP contribution >= 0.6 is 0 Å². The molecule has 0 spiro atoms. The Kier molecular flexibility index (Phi) is 4.03. The highest BCUT2D eigenvalue weighted by molar-refractivity contribution is 5.89. The summed E-state index contributed by atoms with van der Waals surface area (Å²) in [6.45, 7) is 3.82. The number of nitrogens with zero attached hydrogens (tertiary/aromatic N) is 3. The van der Waals surface area contributed by atoms with Gasteiger partial charge in [-0.1, -0.05) is 0 Å². The van der Waals surface area contributed by atoms with Crippen LogP contribution in [-0.4, -0.2) is 44.9 Å². The van der Waals surface area contributed by atoms with Crippen molar-refractivity contribution in [2.75, 3.05) is 18.4 Å². The third kappa shape index (κ3) is 3.46. The van der Waals surface area contributed by atoms with E-state index >= 15 is 0 Å². The van der Waals surface area contributed by atoms with E-state index in [-0.39, 0.29) is 18.4 Å². The summed E-state index contributed by atoms with van der Waals surface area (Å²) in [6, 6.07) is -0.191. The number of hydrogen-bond acceptors (Lipinski definition) is 3. The van der Waals surface area contributed by atoms with Gasteiger partial charge in [0.25, 0.3) is 0 Å². The number of carboxylic acids is 1. The molecule has 1 fully saturated rings. The Balaban J connectivity index is 1.85. The molecule has 2 rings (SSSR count). The van der Waals surface area contributed by atoms with Crippen LogP contribution in [0.15, 0.2) is 12.4 Å². The second-order valence-corrected chi connectivity index (χ2v) is 4.71. The van der Waals surface area contributed by atoms with Gasteiger partial charge < -0.3 is 15.3 Å². The number of nitrogens with one attached hydrogen (secondary N) is 1. The molecule has 1 aliphatic heterocycles. The van der Waals surface area contributed by atoms with Crippen LogP contribution in [0.5, 0.6) is 0 Å². The number of carbonyl (C=O) groups excluding carboxylic acids is 1. The van der Waals surface area contributed by atoms with E-state index in [4.69, 9.17) is 5.11 Å². The van der Waals surface area contributed by atoms with Crippen molar-refractivity contribution in [2.24, 2.45) is 5.92 Å². The van der Waals surface area contributed by atoms with Crippen molar-refractivity contribution in [1.82, 2.24) is 14.7 Å². The molecule has 7 nitrogen and oxygen atoms in total. The molecule has 2 heterocycles. The quantitative estimate of drug-likeness (QED) is 0.858. The Morgan fingerprint density at radius 2 is 2.37 bits per heavy atom. The number of aryl methyl sites for hydroxylation is 1. The van der Waals surface area contributed by atoms with E-state index < -0.39 is 5.97 Å². The van der Waals surface area contributed by atoms with Crippen molar-refractivity contribution in [2.45, 2.75) is 26.3 Å². The average Bonchev–Trinajstić information content (AvgIpc) is 2.97. The van der Waals surface area contributed by atoms with Crippen molar-refractivity contribution >= 4 is 17.7 Å². The molecular formula is C12H18N4O3. The van der Waals surface area contributed by atoms with Crippen LogP contribution < -0.4 is 5.32 Å². The molecule has 0 radical (unpaired) electrons. The Morgan fingerprint density at radius 1 is 1.58 bits per heavy atom. The van der Waals surface area contributed by atoms with E-state index in [0.29, 0.717) is 18.8 Å². The van der Waals surface area contributed by atoms with Gasteiger partial charge in [0.2, 0.25) is 0 Å². The molecule has 0 bridgehead atoms. The van der Waals surface area contributed by atoms with E-state index in [1.54, 1.807) is 22.0 Å². The number of aliphatic carboxylic acids is 1. The van der Waals surface area contributed by atoms with Gasteiger partial charge >= 0.3 is 12.0 Å². The minimum atomic E-state index is -0.809. The summed E-state index contributed by atoms with van der Waals surface area (Å²) < 4.78 is 1.73. The van der Waals surface area contributed by atoms with Crippen molar-refractivity contribution in [3.8, 4) is 0 Å². The van der Waals surface area contributed by atoms with Crippen LogP contribution in [0.1, 0.15) is 19.8 Å². The monoisotopic (exact) mass is 266 g/mol. The number of hydrogen-bond donors (Lipinski definition) is 2. The molecular weight excluding hydrogens is 248 g/mol. The fraction of sp³-hybridized carbons (Fsp3) is 0.583. The molecule has 0 saturated carbocycles. The van der Waals surface area contributed by atoms with Crippen molar-refractivity contribution < 1.29 is 14.7 Å². The number of amides is 2. The number of aromatic nitrogens is 2. The summed E-state index contributed by atoms with van der Waals surface area (Å²) in [5.41, 5.74) is 0.661. The van der Waals surface area contributed by atoms with Crippen LogP contribution in [0.3, 0.4) is 0 Å². The average molecular weight is 266 g/mol. The van der Waals surface area contributed by atoms with Crippen molar-refractivity contribution in [3.05, 3.63) is 12.4 Å². The van der Waals surface area contributed by atoms with Gasteiger partial charge in [-0.15, -0.1) is 0 Å². The smallest absolute Gasteiger partial charge is 0.321 e. The Labute approximate surface area is 111 Å². The molecule has 104 valence electrons. The zero-order valence-electron chi connectivity index (χ0n) is 10.9. The molecule has 1 aliphatic rings. The normalized spacial score (nSPS) is 18.6. The van der Waals surface area contributed by atoms with Gasteiger partial charge in [0, 0.05) is 32.3 Å². The maximum absolute atomic E-state index is 12.0. The molecule has 2 amide bonds. The summed E-state index contributed by atoms with van der Waals surface area (Å²) in [7, 11) is 0. The van der Waals surface area contributed by atoms with Crippen LogP contribution in [0, 0.1) is 5.92 Å². The van der Waals surface area contributed by atoms with Crippen LogP contribution in [-0.2, 0) is 11.3 Å². The van der Waals surface area contributed by atoms with E-state index in [1.165, 1.54) is 0 Å². The molecule has 1 unspecified atom stereocenters. The number of urea groups is 1. The number of anilines is 1. The van der Waals surface area contributed by atoms with E-state index in [9.17, 15) is 9.59 Å². The predicted molar refractivity (Wildman–Crippen MR) is 68.9 cm³/mol. The maximum Gasteiger partial charge on any atom is 0.321 e. The van der Waals surface area contributed by atoms with Gasteiger partial charge in [-0.25, -0.2) is 4.79 Å². The third-order valence-corrected chi connectivity index (χ3v) is 3.24. The number of likely N-dealkylation sites (tertiary alicyclic amines) is 1. The second-order valence-electron chi connectivity index (χ2n) is 4.71. The zero-order valence-corrected chi connectivity index (χ0v) is 10.9. The fourth-order valence-electron chi connectivity index (χ4n) is 2.23. The molecule has 1 saturated heterocycles. The zero-order chi connectivity index (χ0) is 13.8. The first-order valence-corrected chi connectivity index (χ1v) is 6.38. The molecule has 2 N–H and O–H groups in total. The molecule has 1 atom stereocenters. The predicted octanol–water partition coefficient (Wildman–Crippen LogP) is 1.23. The fourth-order valence-corrected chi connectivity index (χ4v) is 2.23. The van der Waals surface area contributed by atoms with E-state index in [1.807, 2.05) is 6.92 Å². The number of carbonyl (C=O) groups is 2. The molecule has 0 aliphatic carbocycles. The lowest BCUT2D eigenvalue weighted by Gasteiger charge is -2.16. The molecule has 1 aromatic heterocycles. The Morgan fingerprint density at radius 3 is 3.00 bits per heavy atom. The third-order valence-electron chi connectivity index (χ3n) is 3.24. The summed E-state index contributed by atoms with van der Waals surface area (Å²) in [5.74, 6) is -0.752. The van der Waals surface area contributed by atoms with Gasteiger partial charge in [0.1, 0.15) is 0 Å². The molecule has 0 aromatic carbocycles. The Hall–Kier alpha value is -2.05. The second kappa shape index (κ2) is 5.73. The highest BCUT2D eigenvalue weighted by Gasteiger charge is 2.27. The summed E-state index contributed by atoms with van der Waals surface area (Å²) in [6.07, 6.45) is 4.24. The summed E-state index contributed by atoms with van der Waals surface area (Å²) in [4.78, 5) is 24.3. The van der Waals surface area contributed by atoms with Gasteiger partial charge in [0.05, 0.1) is 11.9 Å². The lowest BCUT2D eigenvalue weighted by Crippen LogP contribution is -2.33. The topological polar surface area (TPSA) is 87.5 Å². The minimum absolute atomic E-state index is 0.0571. The maximum atomic E-state index is 12.0. The van der Waals surface area contributed by atoms with Crippen molar-refractivity contribution in [1.29, 1.82) is 0 Å². The van der Waals surface area contributed by atoms with Gasteiger partial charge in [-0.2, -0.15) is 5.10 Å².